The molecular weight excluding hydrogens is 322 g/mol. The van der Waals surface area contributed by atoms with Crippen LogP contribution in [0.5, 0.6) is 0 Å². The highest BCUT2D eigenvalue weighted by atomic mass is 32.2. The largest absolute Gasteiger partial charge is 0.375 e. The highest BCUT2D eigenvalue weighted by Crippen LogP contribution is 2.31. The summed E-state index contributed by atoms with van der Waals surface area (Å²) in [5.41, 5.74) is 0.0716. The van der Waals surface area contributed by atoms with E-state index in [1.807, 2.05) is 0 Å². The molecular formula is C13H15N5O4S. The van der Waals surface area contributed by atoms with Crippen molar-refractivity contribution in [2.75, 3.05) is 11.6 Å². The molecule has 1 atom stereocenters. The van der Waals surface area contributed by atoms with Crippen LogP contribution in [0.4, 0.5) is 11.4 Å². The van der Waals surface area contributed by atoms with Crippen LogP contribution < -0.4 is 5.32 Å². The highest BCUT2D eigenvalue weighted by molar-refractivity contribution is 7.90. The zero-order valence-electron chi connectivity index (χ0n) is 12.3. The van der Waals surface area contributed by atoms with E-state index in [9.17, 15) is 18.5 Å². The fourth-order valence-electron chi connectivity index (χ4n) is 2.68. The second-order valence-corrected chi connectivity index (χ2v) is 7.38. The van der Waals surface area contributed by atoms with Gasteiger partial charge >= 0.3 is 0 Å². The number of hydrogen-bond acceptors (Lipinski definition) is 7. The van der Waals surface area contributed by atoms with Gasteiger partial charge in [0.1, 0.15) is 17.0 Å². The van der Waals surface area contributed by atoms with E-state index >= 15 is 0 Å². The van der Waals surface area contributed by atoms with E-state index < -0.39 is 20.4 Å². The van der Waals surface area contributed by atoms with Gasteiger partial charge in [-0.05, 0) is 25.0 Å². The van der Waals surface area contributed by atoms with Gasteiger partial charge in [0, 0.05) is 24.6 Å². The molecule has 3 rings (SSSR count). The summed E-state index contributed by atoms with van der Waals surface area (Å²) in [6.45, 7) is 0.794. The van der Waals surface area contributed by atoms with Crippen LogP contribution in [0.2, 0.25) is 0 Å². The van der Waals surface area contributed by atoms with Crippen molar-refractivity contribution in [3.63, 3.8) is 0 Å². The minimum absolute atomic E-state index is 0.111. The van der Waals surface area contributed by atoms with Gasteiger partial charge < -0.3 is 5.32 Å². The molecule has 2 heterocycles. The van der Waals surface area contributed by atoms with Gasteiger partial charge in [0.05, 0.1) is 11.0 Å². The first-order valence-corrected chi connectivity index (χ1v) is 8.88. The van der Waals surface area contributed by atoms with Gasteiger partial charge in [0.25, 0.3) is 5.69 Å². The second kappa shape index (κ2) is 5.61. The van der Waals surface area contributed by atoms with Crippen molar-refractivity contribution in [1.29, 1.82) is 0 Å². The normalized spacial score (nSPS) is 17.5. The molecule has 1 aromatic heterocycles. The minimum atomic E-state index is -3.71. The van der Waals surface area contributed by atoms with E-state index in [0.717, 1.165) is 31.5 Å². The van der Waals surface area contributed by atoms with E-state index in [1.54, 1.807) is 4.68 Å². The number of rotatable bonds is 4. The third-order valence-electron chi connectivity index (χ3n) is 3.72. The third kappa shape index (κ3) is 3.02. The van der Waals surface area contributed by atoms with Crippen LogP contribution in [0, 0.1) is 10.1 Å². The average Bonchev–Trinajstić information content (AvgIpc) is 2.95. The van der Waals surface area contributed by atoms with Gasteiger partial charge in [0.2, 0.25) is 0 Å². The molecule has 10 heteroatoms. The fourth-order valence-corrected chi connectivity index (χ4v) is 3.54. The summed E-state index contributed by atoms with van der Waals surface area (Å²) in [6, 6.07) is 3.89. The quantitative estimate of drug-likeness (QED) is 0.663. The van der Waals surface area contributed by atoms with Gasteiger partial charge in [-0.1, -0.05) is 0 Å². The molecule has 0 radical (unpaired) electrons. The Labute approximate surface area is 132 Å². The Bertz CT molecular complexity index is 861. The Kier molecular flexibility index (Phi) is 3.76. The van der Waals surface area contributed by atoms with E-state index in [-0.39, 0.29) is 10.9 Å². The molecule has 122 valence electrons. The van der Waals surface area contributed by atoms with E-state index in [0.29, 0.717) is 5.69 Å². The number of nitrogens with zero attached hydrogens (tertiary/aromatic N) is 4. The van der Waals surface area contributed by atoms with Crippen molar-refractivity contribution < 1.29 is 13.3 Å². The summed E-state index contributed by atoms with van der Waals surface area (Å²) in [5.74, 6) is 0.774. The molecule has 1 aliphatic heterocycles. The second-order valence-electron chi connectivity index (χ2n) is 5.39. The summed E-state index contributed by atoms with van der Waals surface area (Å²) in [4.78, 5) is 14.2. The molecule has 0 bridgehead atoms. The van der Waals surface area contributed by atoms with Gasteiger partial charge in [-0.2, -0.15) is 5.10 Å². The molecule has 0 saturated heterocycles. The Balaban J connectivity index is 1.95. The first kappa shape index (κ1) is 15.4. The summed E-state index contributed by atoms with van der Waals surface area (Å²) in [7, 11) is -3.71. The number of nitro benzene ring substituents is 1. The molecule has 9 nitrogen and oxygen atoms in total. The molecule has 1 unspecified atom stereocenters. The molecule has 0 spiro atoms. The first-order valence-electron chi connectivity index (χ1n) is 6.99. The molecule has 1 aromatic carbocycles. The van der Waals surface area contributed by atoms with Crippen LogP contribution in [-0.2, 0) is 16.4 Å². The smallest absolute Gasteiger partial charge is 0.288 e. The molecule has 1 N–H and O–H groups in total. The lowest BCUT2D eigenvalue weighted by Crippen LogP contribution is -2.22. The van der Waals surface area contributed by atoms with Crippen LogP contribution >= 0.6 is 0 Å². The fraction of sp³-hybridized carbons (Fsp3) is 0.385. The Morgan fingerprint density at radius 2 is 2.22 bits per heavy atom. The van der Waals surface area contributed by atoms with Crippen molar-refractivity contribution in [3.8, 4) is 0 Å². The lowest BCUT2D eigenvalue weighted by molar-refractivity contribution is -0.387. The van der Waals surface area contributed by atoms with E-state index in [2.05, 4.69) is 15.4 Å². The minimum Gasteiger partial charge on any atom is -0.375 e. The number of fused-ring (bicyclic) bond motifs is 1. The number of hydrogen-bond donors (Lipinski definition) is 1. The van der Waals surface area contributed by atoms with Gasteiger partial charge in [0.15, 0.2) is 9.84 Å². The predicted octanol–water partition coefficient (Wildman–Crippen LogP) is 1.54. The van der Waals surface area contributed by atoms with E-state index in [4.69, 9.17) is 0 Å². The molecule has 23 heavy (non-hydrogen) atoms. The van der Waals surface area contributed by atoms with Gasteiger partial charge in [-0.3, -0.25) is 10.1 Å². The lowest BCUT2D eigenvalue weighted by Gasteiger charge is -2.24. The molecule has 0 saturated carbocycles. The average molecular weight is 337 g/mol. The summed E-state index contributed by atoms with van der Waals surface area (Å²) in [6.07, 6.45) is 4.17. The molecule has 0 aliphatic carbocycles. The topological polar surface area (TPSA) is 120 Å². The Hall–Kier alpha value is -2.49. The van der Waals surface area contributed by atoms with Crippen LogP contribution in [0.15, 0.2) is 29.4 Å². The first-order chi connectivity index (χ1) is 10.9. The number of nitro groups is 1. The van der Waals surface area contributed by atoms with Gasteiger partial charge in [-0.25, -0.2) is 18.1 Å². The number of anilines is 1. The van der Waals surface area contributed by atoms with Crippen molar-refractivity contribution in [2.45, 2.75) is 30.3 Å². The monoisotopic (exact) mass is 337 g/mol. The van der Waals surface area contributed by atoms with Crippen molar-refractivity contribution in [1.82, 2.24) is 14.8 Å². The number of aromatic nitrogens is 3. The summed E-state index contributed by atoms with van der Waals surface area (Å²) in [5, 5.41) is 18.3. The van der Waals surface area contributed by atoms with Crippen molar-refractivity contribution in [3.05, 3.63) is 40.5 Å². The standard InChI is InChI=1S/C13H15N5O4S/c1-23(21,22)12-7-9(4-5-11(12)18(19)20)16-10-3-2-6-17-13(10)14-8-15-17/h4-5,7-8,10,16H,2-3,6H2,1H3. The predicted molar refractivity (Wildman–Crippen MR) is 81.8 cm³/mol. The summed E-state index contributed by atoms with van der Waals surface area (Å²) < 4.78 is 25.4. The maximum Gasteiger partial charge on any atom is 0.288 e. The van der Waals surface area contributed by atoms with Crippen molar-refractivity contribution >= 4 is 21.2 Å². The number of nitrogens with one attached hydrogen (secondary N) is 1. The zero-order valence-corrected chi connectivity index (χ0v) is 13.2. The van der Waals surface area contributed by atoms with Gasteiger partial charge in [-0.15, -0.1) is 0 Å². The van der Waals surface area contributed by atoms with Crippen LogP contribution in [0.25, 0.3) is 0 Å². The molecule has 1 aliphatic rings. The third-order valence-corrected chi connectivity index (χ3v) is 4.84. The zero-order chi connectivity index (χ0) is 16.6. The maximum absolute atomic E-state index is 11.8. The van der Waals surface area contributed by atoms with E-state index in [1.165, 1.54) is 24.5 Å². The lowest BCUT2D eigenvalue weighted by atomic mass is 10.1. The maximum atomic E-state index is 11.8. The van der Waals surface area contributed by atoms with Crippen LogP contribution in [0.1, 0.15) is 24.7 Å². The van der Waals surface area contributed by atoms with Crippen molar-refractivity contribution in [2.24, 2.45) is 0 Å². The van der Waals surface area contributed by atoms with Crippen LogP contribution in [-0.4, -0.2) is 34.4 Å². The number of aryl methyl sites for hydroxylation is 1. The molecule has 2 aromatic rings. The molecule has 0 fully saturated rings. The van der Waals surface area contributed by atoms with Crippen LogP contribution in [0.3, 0.4) is 0 Å². The number of sulfone groups is 1. The SMILES string of the molecule is CS(=O)(=O)c1cc(NC2CCCn3ncnc32)ccc1[N+](=O)[O-]. The Morgan fingerprint density at radius 1 is 1.43 bits per heavy atom. The highest BCUT2D eigenvalue weighted by Gasteiger charge is 2.25. The summed E-state index contributed by atoms with van der Waals surface area (Å²) >= 11 is 0. The molecule has 0 amide bonds. The Morgan fingerprint density at radius 3 is 2.91 bits per heavy atom. The number of benzene rings is 1.